The van der Waals surface area contributed by atoms with Crippen LogP contribution in [0.4, 0.5) is 4.39 Å². The molecule has 88 valence electrons. The van der Waals surface area contributed by atoms with Gasteiger partial charge in [-0.1, -0.05) is 12.1 Å². The Morgan fingerprint density at radius 3 is 3.06 bits per heavy atom. The second kappa shape index (κ2) is 4.20. The summed E-state index contributed by atoms with van der Waals surface area (Å²) in [4.78, 5) is 5.84. The number of aryl methyl sites for hydroxylation is 1. The molecule has 2 N–H and O–H groups in total. The Balaban J connectivity index is 2.05. The van der Waals surface area contributed by atoms with Gasteiger partial charge in [-0.05, 0) is 31.4 Å². The van der Waals surface area contributed by atoms with Gasteiger partial charge in [-0.25, -0.2) is 9.37 Å². The molecule has 1 aliphatic carbocycles. The van der Waals surface area contributed by atoms with Crippen molar-refractivity contribution < 1.29 is 4.39 Å². The Morgan fingerprint density at radius 2 is 2.29 bits per heavy atom. The van der Waals surface area contributed by atoms with E-state index >= 15 is 0 Å². The molecule has 4 heteroatoms. The zero-order chi connectivity index (χ0) is 11.8. The molecule has 1 unspecified atom stereocenters. The van der Waals surface area contributed by atoms with Crippen molar-refractivity contribution in [2.75, 3.05) is 0 Å². The summed E-state index contributed by atoms with van der Waals surface area (Å²) in [5, 5.41) is 0.881. The van der Waals surface area contributed by atoms with E-state index in [4.69, 9.17) is 5.73 Å². The lowest BCUT2D eigenvalue weighted by Gasteiger charge is -2.15. The van der Waals surface area contributed by atoms with E-state index in [9.17, 15) is 4.39 Å². The summed E-state index contributed by atoms with van der Waals surface area (Å²) >= 11 is 1.64. The van der Waals surface area contributed by atoms with Crippen LogP contribution < -0.4 is 5.73 Å². The Bertz CT molecular complexity index is 550. The van der Waals surface area contributed by atoms with Crippen LogP contribution in [0.1, 0.15) is 29.5 Å². The van der Waals surface area contributed by atoms with Crippen LogP contribution >= 0.6 is 11.3 Å². The molecule has 1 aliphatic rings. The Morgan fingerprint density at radius 1 is 1.41 bits per heavy atom. The summed E-state index contributed by atoms with van der Waals surface area (Å²) in [6.07, 6.45) is 3.17. The van der Waals surface area contributed by atoms with Crippen LogP contribution in [0.15, 0.2) is 24.3 Å². The lowest BCUT2D eigenvalue weighted by Crippen LogP contribution is -2.16. The van der Waals surface area contributed by atoms with Gasteiger partial charge < -0.3 is 5.73 Å². The third-order valence-corrected chi connectivity index (χ3v) is 4.25. The third-order valence-electron chi connectivity index (χ3n) is 3.07. The summed E-state index contributed by atoms with van der Waals surface area (Å²) in [6, 6.07) is 6.62. The zero-order valence-corrected chi connectivity index (χ0v) is 10.1. The molecule has 0 saturated carbocycles. The molecule has 1 atom stereocenters. The minimum Gasteiger partial charge on any atom is -0.323 e. The van der Waals surface area contributed by atoms with Gasteiger partial charge in [0, 0.05) is 16.5 Å². The van der Waals surface area contributed by atoms with Crippen LogP contribution in [0.5, 0.6) is 0 Å². The highest BCUT2D eigenvalue weighted by atomic mass is 32.1. The SMILES string of the molecule is NC1CCCc2sc(-c3cccc(F)c3)nc21. The van der Waals surface area contributed by atoms with Crippen LogP contribution in [-0.4, -0.2) is 4.98 Å². The number of hydrogen-bond acceptors (Lipinski definition) is 3. The lowest BCUT2D eigenvalue weighted by atomic mass is 9.99. The summed E-state index contributed by atoms with van der Waals surface area (Å²) in [5.74, 6) is -0.222. The number of halogens is 1. The monoisotopic (exact) mass is 248 g/mol. The molecule has 0 fully saturated rings. The number of fused-ring (bicyclic) bond motifs is 1. The fraction of sp³-hybridized carbons (Fsp3) is 0.308. The second-order valence-electron chi connectivity index (χ2n) is 4.34. The molecule has 1 heterocycles. The van der Waals surface area contributed by atoms with Crippen molar-refractivity contribution in [1.82, 2.24) is 4.98 Å². The third kappa shape index (κ3) is 1.98. The van der Waals surface area contributed by atoms with Crippen LogP contribution in [0.25, 0.3) is 10.6 Å². The molecular weight excluding hydrogens is 235 g/mol. The van der Waals surface area contributed by atoms with Gasteiger partial charge >= 0.3 is 0 Å². The van der Waals surface area contributed by atoms with Crippen molar-refractivity contribution in [2.24, 2.45) is 5.73 Å². The van der Waals surface area contributed by atoms with Gasteiger partial charge in [0.1, 0.15) is 10.8 Å². The van der Waals surface area contributed by atoms with Gasteiger partial charge in [0.25, 0.3) is 0 Å². The maximum atomic E-state index is 13.2. The second-order valence-corrected chi connectivity index (χ2v) is 5.42. The fourth-order valence-electron chi connectivity index (χ4n) is 2.20. The van der Waals surface area contributed by atoms with E-state index in [2.05, 4.69) is 4.98 Å². The van der Waals surface area contributed by atoms with Gasteiger partial charge in [0.15, 0.2) is 0 Å². The van der Waals surface area contributed by atoms with Crippen LogP contribution in [0.2, 0.25) is 0 Å². The van der Waals surface area contributed by atoms with Crippen molar-refractivity contribution in [3.8, 4) is 10.6 Å². The molecule has 0 aliphatic heterocycles. The number of hydrogen-bond donors (Lipinski definition) is 1. The number of nitrogens with zero attached hydrogens (tertiary/aromatic N) is 1. The summed E-state index contributed by atoms with van der Waals surface area (Å²) in [5.41, 5.74) is 7.90. The highest BCUT2D eigenvalue weighted by Gasteiger charge is 2.22. The Labute approximate surface area is 103 Å². The molecule has 0 saturated heterocycles. The maximum Gasteiger partial charge on any atom is 0.124 e. The number of benzene rings is 1. The molecule has 1 aromatic carbocycles. The minimum atomic E-state index is -0.222. The molecule has 2 aromatic rings. The highest BCUT2D eigenvalue weighted by molar-refractivity contribution is 7.15. The molecule has 0 radical (unpaired) electrons. The molecule has 17 heavy (non-hydrogen) atoms. The molecule has 2 nitrogen and oxygen atoms in total. The van der Waals surface area contributed by atoms with Crippen LogP contribution in [0.3, 0.4) is 0 Å². The topological polar surface area (TPSA) is 38.9 Å². The molecule has 0 bridgehead atoms. The van der Waals surface area contributed by atoms with Crippen molar-refractivity contribution in [3.63, 3.8) is 0 Å². The van der Waals surface area contributed by atoms with Gasteiger partial charge in [0.05, 0.1) is 5.69 Å². The van der Waals surface area contributed by atoms with Crippen molar-refractivity contribution >= 4 is 11.3 Å². The number of thiazole rings is 1. The predicted octanol–water partition coefficient (Wildman–Crippen LogP) is 3.29. The Hall–Kier alpha value is -1.26. The van der Waals surface area contributed by atoms with Gasteiger partial charge in [-0.2, -0.15) is 0 Å². The van der Waals surface area contributed by atoms with E-state index in [0.717, 1.165) is 35.5 Å². The maximum absolute atomic E-state index is 13.2. The number of rotatable bonds is 1. The summed E-state index contributed by atoms with van der Waals surface area (Å²) in [7, 11) is 0. The first-order chi connectivity index (χ1) is 8.24. The average Bonchev–Trinajstić information content (AvgIpc) is 2.74. The van der Waals surface area contributed by atoms with Crippen molar-refractivity contribution in [2.45, 2.75) is 25.3 Å². The van der Waals surface area contributed by atoms with E-state index in [1.54, 1.807) is 17.4 Å². The van der Waals surface area contributed by atoms with Crippen LogP contribution in [0, 0.1) is 5.82 Å². The van der Waals surface area contributed by atoms with Crippen molar-refractivity contribution in [3.05, 3.63) is 40.7 Å². The summed E-state index contributed by atoms with van der Waals surface area (Å²) < 4.78 is 13.2. The first kappa shape index (κ1) is 10.9. The predicted molar refractivity (Wildman–Crippen MR) is 67.4 cm³/mol. The first-order valence-electron chi connectivity index (χ1n) is 5.75. The average molecular weight is 248 g/mol. The van der Waals surface area contributed by atoms with E-state index in [1.807, 2.05) is 6.07 Å². The van der Waals surface area contributed by atoms with Gasteiger partial charge in [0.2, 0.25) is 0 Å². The van der Waals surface area contributed by atoms with Gasteiger partial charge in [-0.3, -0.25) is 0 Å². The molecule has 0 amide bonds. The highest BCUT2D eigenvalue weighted by Crippen LogP contribution is 2.36. The molecule has 0 spiro atoms. The normalized spacial score (nSPS) is 19.1. The summed E-state index contributed by atoms with van der Waals surface area (Å²) in [6.45, 7) is 0. The molecule has 1 aromatic heterocycles. The zero-order valence-electron chi connectivity index (χ0n) is 9.32. The van der Waals surface area contributed by atoms with E-state index in [0.29, 0.717) is 0 Å². The first-order valence-corrected chi connectivity index (χ1v) is 6.57. The van der Waals surface area contributed by atoms with E-state index < -0.39 is 0 Å². The Kier molecular flexibility index (Phi) is 2.68. The van der Waals surface area contributed by atoms with Gasteiger partial charge in [-0.15, -0.1) is 11.3 Å². The number of nitrogens with two attached hydrogens (primary N) is 1. The lowest BCUT2D eigenvalue weighted by molar-refractivity contribution is 0.564. The smallest absolute Gasteiger partial charge is 0.124 e. The quantitative estimate of drug-likeness (QED) is 0.841. The fourth-order valence-corrected chi connectivity index (χ4v) is 3.37. The van der Waals surface area contributed by atoms with Crippen molar-refractivity contribution in [1.29, 1.82) is 0 Å². The molecular formula is C13H13FN2S. The molecule has 3 rings (SSSR count). The minimum absolute atomic E-state index is 0.0531. The van der Waals surface area contributed by atoms with E-state index in [1.165, 1.54) is 17.0 Å². The largest absolute Gasteiger partial charge is 0.323 e. The van der Waals surface area contributed by atoms with E-state index in [-0.39, 0.29) is 11.9 Å². The number of aromatic nitrogens is 1. The standard InChI is InChI=1S/C13H13FN2S/c14-9-4-1-3-8(7-9)13-16-12-10(15)5-2-6-11(12)17-13/h1,3-4,7,10H,2,5-6,15H2. The van der Waals surface area contributed by atoms with Crippen LogP contribution in [-0.2, 0) is 6.42 Å².